The number of benzene rings is 1. The average Bonchev–Trinajstić information content (AvgIpc) is 3.47. The van der Waals surface area contributed by atoms with E-state index < -0.39 is 23.4 Å². The molecule has 2 heterocycles. The molecule has 4 rings (SSSR count). The topological polar surface area (TPSA) is 121 Å². The SMILES string of the molecule is COc1ccc(C2(C)NC(=O)N(CC(=O)NCc3n[nH]c(=S)n3C3CC3)C2=O)cc1. The normalized spacial score (nSPS) is 20.9. The zero-order valence-corrected chi connectivity index (χ0v) is 17.4. The van der Waals surface area contributed by atoms with Crippen LogP contribution < -0.4 is 15.4 Å². The van der Waals surface area contributed by atoms with Crippen molar-refractivity contribution in [3.63, 3.8) is 0 Å². The van der Waals surface area contributed by atoms with Gasteiger partial charge in [-0.1, -0.05) is 12.1 Å². The predicted octanol–water partition coefficient (Wildman–Crippen LogP) is 1.37. The van der Waals surface area contributed by atoms with E-state index in [2.05, 4.69) is 20.8 Å². The van der Waals surface area contributed by atoms with Crippen molar-refractivity contribution >= 4 is 30.1 Å². The van der Waals surface area contributed by atoms with Gasteiger partial charge in [0, 0.05) is 6.04 Å². The number of carbonyl (C=O) groups is 3. The molecule has 4 amide bonds. The van der Waals surface area contributed by atoms with Crippen molar-refractivity contribution in [2.75, 3.05) is 13.7 Å². The van der Waals surface area contributed by atoms with Gasteiger partial charge in [0.15, 0.2) is 10.6 Å². The van der Waals surface area contributed by atoms with Crippen LogP contribution in [0, 0.1) is 4.77 Å². The Balaban J connectivity index is 1.41. The summed E-state index contributed by atoms with van der Waals surface area (Å²) in [6.45, 7) is 1.38. The number of H-pyrrole nitrogens is 1. The summed E-state index contributed by atoms with van der Waals surface area (Å²) in [5.41, 5.74) is -0.651. The number of hydrogen-bond donors (Lipinski definition) is 3. The highest BCUT2D eigenvalue weighted by Gasteiger charge is 2.49. The molecule has 10 nitrogen and oxygen atoms in total. The molecule has 0 bridgehead atoms. The van der Waals surface area contributed by atoms with Crippen molar-refractivity contribution < 1.29 is 19.1 Å². The van der Waals surface area contributed by atoms with E-state index >= 15 is 0 Å². The van der Waals surface area contributed by atoms with Crippen molar-refractivity contribution in [2.45, 2.75) is 37.9 Å². The van der Waals surface area contributed by atoms with Gasteiger partial charge in [-0.3, -0.25) is 24.2 Å². The number of nitrogens with zero attached hydrogens (tertiary/aromatic N) is 3. The summed E-state index contributed by atoms with van der Waals surface area (Å²) in [4.78, 5) is 38.7. The number of nitrogens with one attached hydrogen (secondary N) is 3. The van der Waals surface area contributed by atoms with Crippen molar-refractivity contribution in [3.05, 3.63) is 40.4 Å². The lowest BCUT2D eigenvalue weighted by Gasteiger charge is -2.22. The van der Waals surface area contributed by atoms with E-state index in [0.29, 0.717) is 28.0 Å². The highest BCUT2D eigenvalue weighted by Crippen LogP contribution is 2.35. The zero-order chi connectivity index (χ0) is 21.5. The van der Waals surface area contributed by atoms with Gasteiger partial charge in [-0.15, -0.1) is 0 Å². The molecule has 2 fully saturated rings. The van der Waals surface area contributed by atoms with Gasteiger partial charge in [0.25, 0.3) is 5.91 Å². The minimum Gasteiger partial charge on any atom is -0.497 e. The van der Waals surface area contributed by atoms with Crippen LogP contribution in [0.25, 0.3) is 0 Å². The number of carbonyl (C=O) groups excluding carboxylic acids is 3. The van der Waals surface area contributed by atoms with Crippen molar-refractivity contribution in [1.29, 1.82) is 0 Å². The number of hydrogen-bond acceptors (Lipinski definition) is 6. The van der Waals surface area contributed by atoms with Gasteiger partial charge in [0.1, 0.15) is 17.8 Å². The zero-order valence-electron chi connectivity index (χ0n) is 16.6. The number of ether oxygens (including phenoxy) is 1. The Morgan fingerprint density at radius 2 is 2.03 bits per heavy atom. The number of rotatable bonds is 7. The number of imide groups is 1. The number of amides is 4. The maximum absolute atomic E-state index is 13.0. The van der Waals surface area contributed by atoms with E-state index in [-0.39, 0.29) is 13.1 Å². The third-order valence-electron chi connectivity index (χ3n) is 5.38. The van der Waals surface area contributed by atoms with E-state index in [1.807, 2.05) is 4.57 Å². The van der Waals surface area contributed by atoms with Gasteiger partial charge in [-0.05, 0) is 49.7 Å². The fourth-order valence-corrected chi connectivity index (χ4v) is 3.81. The first kappa shape index (κ1) is 20.1. The average molecular weight is 430 g/mol. The largest absolute Gasteiger partial charge is 0.497 e. The highest BCUT2D eigenvalue weighted by atomic mass is 32.1. The Morgan fingerprint density at radius 1 is 1.33 bits per heavy atom. The van der Waals surface area contributed by atoms with E-state index in [4.69, 9.17) is 17.0 Å². The molecule has 0 radical (unpaired) electrons. The Kier molecular flexibility index (Phi) is 5.06. The van der Waals surface area contributed by atoms with Gasteiger partial charge in [-0.25, -0.2) is 4.79 Å². The second-order valence-corrected chi connectivity index (χ2v) is 7.88. The third-order valence-corrected chi connectivity index (χ3v) is 5.67. The minimum atomic E-state index is -1.25. The molecule has 1 aliphatic heterocycles. The van der Waals surface area contributed by atoms with Gasteiger partial charge < -0.3 is 15.4 Å². The Labute approximate surface area is 177 Å². The van der Waals surface area contributed by atoms with Crippen LogP contribution in [0.1, 0.15) is 37.2 Å². The van der Waals surface area contributed by atoms with Crippen LogP contribution in [0.3, 0.4) is 0 Å². The maximum atomic E-state index is 13.0. The fourth-order valence-electron chi connectivity index (χ4n) is 3.51. The molecule has 2 aromatic rings. The molecular weight excluding hydrogens is 408 g/mol. The molecule has 11 heteroatoms. The molecule has 1 saturated carbocycles. The molecule has 1 aromatic heterocycles. The lowest BCUT2D eigenvalue weighted by atomic mass is 9.92. The van der Waals surface area contributed by atoms with Gasteiger partial charge in [-0.2, -0.15) is 5.10 Å². The molecule has 0 spiro atoms. The summed E-state index contributed by atoms with van der Waals surface area (Å²) in [6.07, 6.45) is 2.06. The Hall–Kier alpha value is -3.21. The highest BCUT2D eigenvalue weighted by molar-refractivity contribution is 7.71. The van der Waals surface area contributed by atoms with Crippen LogP contribution in [0.5, 0.6) is 5.75 Å². The summed E-state index contributed by atoms with van der Waals surface area (Å²) in [5, 5.41) is 12.3. The summed E-state index contributed by atoms with van der Waals surface area (Å²) in [5.74, 6) is 0.303. The molecule has 1 saturated heterocycles. The second kappa shape index (κ2) is 7.56. The molecule has 1 atom stereocenters. The van der Waals surface area contributed by atoms with Crippen LogP contribution in [0.2, 0.25) is 0 Å². The first-order chi connectivity index (χ1) is 14.3. The first-order valence-electron chi connectivity index (χ1n) is 9.54. The lowest BCUT2D eigenvalue weighted by molar-refractivity contribution is -0.134. The van der Waals surface area contributed by atoms with Crippen molar-refractivity contribution in [3.8, 4) is 5.75 Å². The third kappa shape index (κ3) is 3.56. The quantitative estimate of drug-likeness (QED) is 0.451. The smallest absolute Gasteiger partial charge is 0.325 e. The van der Waals surface area contributed by atoms with Gasteiger partial charge >= 0.3 is 6.03 Å². The van der Waals surface area contributed by atoms with Crippen LogP contribution in [0.4, 0.5) is 4.79 Å². The van der Waals surface area contributed by atoms with E-state index in [9.17, 15) is 14.4 Å². The van der Waals surface area contributed by atoms with E-state index in [1.165, 1.54) is 0 Å². The van der Waals surface area contributed by atoms with Crippen LogP contribution >= 0.6 is 12.2 Å². The van der Waals surface area contributed by atoms with Crippen molar-refractivity contribution in [1.82, 2.24) is 30.3 Å². The molecule has 30 heavy (non-hydrogen) atoms. The van der Waals surface area contributed by atoms with Gasteiger partial charge in [0.2, 0.25) is 5.91 Å². The minimum absolute atomic E-state index is 0.155. The van der Waals surface area contributed by atoms with E-state index in [1.54, 1.807) is 38.3 Å². The first-order valence-corrected chi connectivity index (χ1v) is 9.95. The summed E-state index contributed by atoms with van der Waals surface area (Å²) in [6, 6.07) is 6.54. The maximum Gasteiger partial charge on any atom is 0.325 e. The molecule has 2 aliphatic rings. The second-order valence-electron chi connectivity index (χ2n) is 7.50. The van der Waals surface area contributed by atoms with Crippen LogP contribution in [-0.2, 0) is 21.7 Å². The fraction of sp³-hybridized carbons (Fsp3) is 0.421. The Morgan fingerprint density at radius 3 is 2.67 bits per heavy atom. The number of methoxy groups -OCH3 is 1. The standard InChI is InChI=1S/C19H22N6O4S/c1-19(11-3-7-13(29-2)8-4-11)16(27)24(17(28)21-19)10-15(26)20-9-14-22-23-18(30)25(14)12-5-6-12/h3-4,7-8,12H,5-6,9-10H2,1-2H3,(H,20,26)(H,21,28)(H,23,30). The number of aromatic amines is 1. The summed E-state index contributed by atoms with van der Waals surface area (Å²) >= 11 is 5.22. The Bertz CT molecular complexity index is 1060. The number of urea groups is 1. The predicted molar refractivity (Wildman–Crippen MR) is 108 cm³/mol. The van der Waals surface area contributed by atoms with Gasteiger partial charge in [0.05, 0.1) is 13.7 Å². The lowest BCUT2D eigenvalue weighted by Crippen LogP contribution is -2.43. The van der Waals surface area contributed by atoms with Crippen molar-refractivity contribution in [2.24, 2.45) is 0 Å². The molecule has 1 unspecified atom stereocenters. The molecule has 1 aliphatic carbocycles. The van der Waals surface area contributed by atoms with E-state index in [0.717, 1.165) is 17.7 Å². The molecular formula is C19H22N6O4S. The molecule has 3 N–H and O–H groups in total. The monoisotopic (exact) mass is 430 g/mol. The number of aromatic nitrogens is 3. The van der Waals surface area contributed by atoms with Crippen LogP contribution in [0.15, 0.2) is 24.3 Å². The summed E-state index contributed by atoms with van der Waals surface area (Å²) < 4.78 is 7.54. The molecule has 158 valence electrons. The van der Waals surface area contributed by atoms with Crippen LogP contribution in [-0.4, -0.2) is 51.2 Å². The summed E-state index contributed by atoms with van der Waals surface area (Å²) in [7, 11) is 1.55. The molecule has 1 aromatic carbocycles.